The summed E-state index contributed by atoms with van der Waals surface area (Å²) in [5.74, 6) is -0.0461. The summed E-state index contributed by atoms with van der Waals surface area (Å²) in [5.41, 5.74) is 1.67. The molecular formula is C15H15N3O2. The molecule has 0 aliphatic heterocycles. The van der Waals surface area contributed by atoms with Crippen LogP contribution in [0.2, 0.25) is 0 Å². The van der Waals surface area contributed by atoms with E-state index in [2.05, 4.69) is 5.10 Å². The monoisotopic (exact) mass is 269 g/mol. The number of aryl methyl sites for hydroxylation is 1. The first kappa shape index (κ1) is 12.8. The maximum atomic E-state index is 11.9. The Morgan fingerprint density at radius 2 is 2.35 bits per heavy atom. The molecule has 0 fully saturated rings. The molecule has 0 saturated heterocycles. The zero-order chi connectivity index (χ0) is 14.5. The first-order valence-corrected chi connectivity index (χ1v) is 6.72. The molecule has 1 aromatic heterocycles. The molecule has 0 radical (unpaired) electrons. The number of carbonyl (C=O) groups excluding carboxylic acids is 2. The smallest absolute Gasteiger partial charge is 0.243 e. The maximum absolute atomic E-state index is 11.9. The molecule has 0 amide bonds. The first-order valence-electron chi connectivity index (χ1n) is 6.72. The topological polar surface area (TPSA) is 75.8 Å². The number of allylic oxidation sites excluding steroid dienone is 2. The van der Waals surface area contributed by atoms with Gasteiger partial charge in [-0.05, 0) is 24.3 Å². The molecule has 5 nitrogen and oxygen atoms in total. The van der Waals surface area contributed by atoms with Crippen LogP contribution in [-0.4, -0.2) is 21.5 Å². The summed E-state index contributed by atoms with van der Waals surface area (Å²) in [5, 5.41) is 13.5. The third-order valence-electron chi connectivity index (χ3n) is 4.53. The van der Waals surface area contributed by atoms with Crippen molar-refractivity contribution in [1.82, 2.24) is 9.78 Å². The largest absolute Gasteiger partial charge is 0.293 e. The van der Waals surface area contributed by atoms with Crippen LogP contribution >= 0.6 is 0 Å². The van der Waals surface area contributed by atoms with Gasteiger partial charge in [0.25, 0.3) is 0 Å². The molecule has 0 bridgehead atoms. The lowest BCUT2D eigenvalue weighted by Gasteiger charge is -2.40. The lowest BCUT2D eigenvalue weighted by atomic mass is 9.62. The molecule has 1 aromatic rings. The van der Waals surface area contributed by atoms with Gasteiger partial charge in [0.2, 0.25) is 5.91 Å². The van der Waals surface area contributed by atoms with E-state index in [0.717, 1.165) is 24.1 Å². The van der Waals surface area contributed by atoms with E-state index in [0.29, 0.717) is 6.42 Å². The summed E-state index contributed by atoms with van der Waals surface area (Å²) in [6.45, 7) is 3.48. The number of ketones is 1. The lowest BCUT2D eigenvalue weighted by Crippen LogP contribution is -2.40. The highest BCUT2D eigenvalue weighted by atomic mass is 16.2. The molecule has 0 saturated carbocycles. The van der Waals surface area contributed by atoms with Crippen LogP contribution in [0.3, 0.4) is 0 Å². The van der Waals surface area contributed by atoms with Gasteiger partial charge in [-0.3, -0.25) is 9.59 Å². The van der Waals surface area contributed by atoms with Crippen molar-refractivity contribution in [3.63, 3.8) is 0 Å². The average Bonchev–Trinajstić information content (AvgIpc) is 2.84. The van der Waals surface area contributed by atoms with Gasteiger partial charge in [0.1, 0.15) is 6.07 Å². The van der Waals surface area contributed by atoms with E-state index in [1.165, 1.54) is 11.6 Å². The summed E-state index contributed by atoms with van der Waals surface area (Å²) >= 11 is 0. The van der Waals surface area contributed by atoms with Gasteiger partial charge < -0.3 is 0 Å². The maximum Gasteiger partial charge on any atom is 0.243 e. The normalized spacial score (nSPS) is 28.1. The van der Waals surface area contributed by atoms with Crippen molar-refractivity contribution in [3.05, 3.63) is 29.1 Å². The number of nitriles is 1. The van der Waals surface area contributed by atoms with Gasteiger partial charge in [-0.25, -0.2) is 4.68 Å². The highest BCUT2D eigenvalue weighted by Crippen LogP contribution is 2.46. The fourth-order valence-corrected chi connectivity index (χ4v) is 3.34. The molecule has 3 rings (SSSR count). The van der Waals surface area contributed by atoms with E-state index >= 15 is 0 Å². The molecule has 20 heavy (non-hydrogen) atoms. The second kappa shape index (κ2) is 4.14. The van der Waals surface area contributed by atoms with Gasteiger partial charge in [-0.2, -0.15) is 10.4 Å². The zero-order valence-corrected chi connectivity index (χ0v) is 11.5. The quantitative estimate of drug-likeness (QED) is 0.719. The van der Waals surface area contributed by atoms with E-state index < -0.39 is 5.41 Å². The summed E-state index contributed by atoms with van der Waals surface area (Å²) in [6.07, 6.45) is 5.62. The van der Waals surface area contributed by atoms with Crippen molar-refractivity contribution in [1.29, 1.82) is 5.26 Å². The number of carbonyl (C=O) groups is 2. The molecule has 0 aromatic carbocycles. The molecule has 2 aliphatic carbocycles. The summed E-state index contributed by atoms with van der Waals surface area (Å²) in [7, 11) is 0. The number of Topliss-reactive ketones (excluding diaryl/α,β-unsaturated/α-hetero) is 1. The second-order valence-corrected chi connectivity index (χ2v) is 5.78. The van der Waals surface area contributed by atoms with Gasteiger partial charge >= 0.3 is 0 Å². The number of hydrogen-bond acceptors (Lipinski definition) is 4. The second-order valence-electron chi connectivity index (χ2n) is 5.78. The third kappa shape index (κ3) is 1.64. The fourth-order valence-electron chi connectivity index (χ4n) is 3.34. The molecule has 5 heteroatoms. The third-order valence-corrected chi connectivity index (χ3v) is 4.53. The minimum atomic E-state index is -0.423. The minimum absolute atomic E-state index is 0.0792. The van der Waals surface area contributed by atoms with E-state index in [1.807, 2.05) is 13.0 Å². The average molecular weight is 269 g/mol. The predicted octanol–water partition coefficient (Wildman–Crippen LogP) is 1.79. The Morgan fingerprint density at radius 1 is 1.60 bits per heavy atom. The fraction of sp³-hybridized carbons (Fsp3) is 0.467. The van der Waals surface area contributed by atoms with E-state index in [9.17, 15) is 9.59 Å². The van der Waals surface area contributed by atoms with Gasteiger partial charge in [0.15, 0.2) is 5.78 Å². The molecule has 2 aliphatic rings. The van der Waals surface area contributed by atoms with E-state index in [4.69, 9.17) is 5.26 Å². The lowest BCUT2D eigenvalue weighted by molar-refractivity contribution is -0.117. The highest BCUT2D eigenvalue weighted by molar-refractivity contribution is 6.00. The Kier molecular flexibility index (Phi) is 2.65. The van der Waals surface area contributed by atoms with E-state index in [1.54, 1.807) is 12.3 Å². The zero-order valence-electron chi connectivity index (χ0n) is 11.5. The standard InChI is InChI=1S/C15H15N3O2/c1-9(19)18-8-10-3-4-12-5-13(20)11(7-16)6-15(12,2)14(10)17-18/h6,8,12H,3-5H2,1-2H3/t12-,15-/m0/s1. The van der Waals surface area contributed by atoms with Crippen LogP contribution in [0.15, 0.2) is 17.8 Å². The van der Waals surface area contributed by atoms with Crippen molar-refractivity contribution in [3.8, 4) is 6.07 Å². The molecule has 0 spiro atoms. The SMILES string of the molecule is CC(=O)n1cc2c(n1)[C@@]1(C)C=C(C#N)C(=O)C[C@@H]1CC2. The Balaban J connectivity index is 2.17. The van der Waals surface area contributed by atoms with Gasteiger partial charge in [-0.1, -0.05) is 13.0 Å². The summed E-state index contributed by atoms with van der Waals surface area (Å²) in [6, 6.07) is 1.98. The van der Waals surface area contributed by atoms with Crippen molar-refractivity contribution < 1.29 is 9.59 Å². The van der Waals surface area contributed by atoms with Crippen molar-refractivity contribution >= 4 is 11.7 Å². The van der Waals surface area contributed by atoms with Gasteiger partial charge in [-0.15, -0.1) is 0 Å². The molecule has 0 unspecified atom stereocenters. The minimum Gasteiger partial charge on any atom is -0.293 e. The summed E-state index contributed by atoms with van der Waals surface area (Å²) in [4.78, 5) is 23.4. The Hall–Kier alpha value is -2.22. The molecular weight excluding hydrogens is 254 g/mol. The van der Waals surface area contributed by atoms with Crippen LogP contribution in [0.25, 0.3) is 0 Å². The van der Waals surface area contributed by atoms with Crippen molar-refractivity contribution in [2.75, 3.05) is 0 Å². The predicted molar refractivity (Wildman–Crippen MR) is 71.0 cm³/mol. The highest BCUT2D eigenvalue weighted by Gasteiger charge is 2.45. The summed E-state index contributed by atoms with van der Waals surface area (Å²) < 4.78 is 1.36. The number of rotatable bonds is 0. The van der Waals surface area contributed by atoms with Crippen LogP contribution in [0.5, 0.6) is 0 Å². The van der Waals surface area contributed by atoms with Crippen molar-refractivity contribution in [2.24, 2.45) is 5.92 Å². The van der Waals surface area contributed by atoms with Crippen LogP contribution in [0, 0.1) is 17.2 Å². The van der Waals surface area contributed by atoms with Crippen LogP contribution in [-0.2, 0) is 16.6 Å². The Bertz CT molecular complexity index is 692. The number of aromatic nitrogens is 2. The number of fused-ring (bicyclic) bond motifs is 3. The number of hydrogen-bond donors (Lipinski definition) is 0. The van der Waals surface area contributed by atoms with Crippen LogP contribution in [0.4, 0.5) is 0 Å². The van der Waals surface area contributed by atoms with Crippen molar-refractivity contribution in [2.45, 2.75) is 38.5 Å². The molecule has 2 atom stereocenters. The van der Waals surface area contributed by atoms with Crippen LogP contribution in [0.1, 0.15) is 42.7 Å². The molecule has 1 heterocycles. The van der Waals surface area contributed by atoms with Gasteiger partial charge in [0.05, 0.1) is 11.3 Å². The molecule has 0 N–H and O–H groups in total. The molecule has 102 valence electrons. The van der Waals surface area contributed by atoms with E-state index in [-0.39, 0.29) is 23.2 Å². The first-order chi connectivity index (χ1) is 9.45. The van der Waals surface area contributed by atoms with Gasteiger partial charge in [0, 0.05) is 25.0 Å². The Labute approximate surface area is 116 Å². The number of nitrogens with zero attached hydrogens (tertiary/aromatic N) is 3. The Morgan fingerprint density at radius 3 is 3.00 bits per heavy atom. The van der Waals surface area contributed by atoms with Crippen LogP contribution < -0.4 is 0 Å².